The van der Waals surface area contributed by atoms with E-state index >= 15 is 0 Å². The summed E-state index contributed by atoms with van der Waals surface area (Å²) in [6.45, 7) is 10.8. The van der Waals surface area contributed by atoms with Gasteiger partial charge in [0.25, 0.3) is 0 Å². The molecule has 0 saturated carbocycles. The lowest BCUT2D eigenvalue weighted by Crippen LogP contribution is -2.38. The van der Waals surface area contributed by atoms with Gasteiger partial charge in [0.2, 0.25) is 5.91 Å². The van der Waals surface area contributed by atoms with E-state index in [-0.39, 0.29) is 37.6 Å². The first kappa shape index (κ1) is 25.9. The van der Waals surface area contributed by atoms with E-state index in [1.54, 1.807) is 4.90 Å². The summed E-state index contributed by atoms with van der Waals surface area (Å²) in [4.78, 5) is 28.4. The van der Waals surface area contributed by atoms with Gasteiger partial charge in [0.15, 0.2) is 0 Å². The predicted molar refractivity (Wildman–Crippen MR) is 109 cm³/mol. The molecule has 6 heteroatoms. The Balaban J connectivity index is 4.32. The summed E-state index contributed by atoms with van der Waals surface area (Å²) < 4.78 is 5.41. The van der Waals surface area contributed by atoms with Gasteiger partial charge in [-0.25, -0.2) is 0 Å². The highest BCUT2D eigenvalue weighted by Crippen LogP contribution is 2.15. The Morgan fingerprint density at radius 3 is 2.33 bits per heavy atom. The van der Waals surface area contributed by atoms with Crippen molar-refractivity contribution in [3.63, 3.8) is 0 Å². The zero-order valence-corrected chi connectivity index (χ0v) is 18.2. The molecule has 0 aliphatic rings. The molecule has 0 heterocycles. The number of carbonyl (C=O) groups is 2. The standard InChI is InChI=1S/C21H42N2O4/c1-6-8-9-10-19(7-2)21(26)27-16-14-23(13-15-24)20(25)11-12-22(5)17-18(3)4/h18-19,24H,6-17H2,1-5H3. The monoisotopic (exact) mass is 386 g/mol. The number of amides is 1. The van der Waals surface area contributed by atoms with Crippen molar-refractivity contribution in [1.29, 1.82) is 0 Å². The van der Waals surface area contributed by atoms with Gasteiger partial charge < -0.3 is 19.6 Å². The second-order valence-corrected chi connectivity index (χ2v) is 7.78. The molecule has 1 atom stereocenters. The summed E-state index contributed by atoms with van der Waals surface area (Å²) in [7, 11) is 2.01. The van der Waals surface area contributed by atoms with Gasteiger partial charge in [0.1, 0.15) is 6.61 Å². The molecule has 6 nitrogen and oxygen atoms in total. The maximum absolute atomic E-state index is 12.4. The molecule has 27 heavy (non-hydrogen) atoms. The summed E-state index contributed by atoms with van der Waals surface area (Å²) >= 11 is 0. The van der Waals surface area contributed by atoms with E-state index in [9.17, 15) is 14.7 Å². The Kier molecular flexibility index (Phi) is 15.2. The van der Waals surface area contributed by atoms with Crippen LogP contribution in [0.3, 0.4) is 0 Å². The van der Waals surface area contributed by atoms with Crippen LogP contribution in [0.4, 0.5) is 0 Å². The molecule has 1 N–H and O–H groups in total. The summed E-state index contributed by atoms with van der Waals surface area (Å²) in [5, 5.41) is 9.23. The van der Waals surface area contributed by atoms with Gasteiger partial charge in [0.05, 0.1) is 19.1 Å². The van der Waals surface area contributed by atoms with Crippen molar-refractivity contribution in [1.82, 2.24) is 9.80 Å². The van der Waals surface area contributed by atoms with E-state index < -0.39 is 0 Å². The van der Waals surface area contributed by atoms with Gasteiger partial charge >= 0.3 is 5.97 Å². The third-order valence-electron chi connectivity index (χ3n) is 4.69. The van der Waals surface area contributed by atoms with Crippen molar-refractivity contribution >= 4 is 11.9 Å². The molecule has 0 spiro atoms. The predicted octanol–water partition coefficient (Wildman–Crippen LogP) is 2.93. The molecule has 1 unspecified atom stereocenters. The van der Waals surface area contributed by atoms with Gasteiger partial charge in [-0.15, -0.1) is 0 Å². The van der Waals surface area contributed by atoms with Gasteiger partial charge in [-0.1, -0.05) is 47.0 Å². The highest BCUT2D eigenvalue weighted by Gasteiger charge is 2.19. The maximum atomic E-state index is 12.4. The third kappa shape index (κ3) is 12.8. The van der Waals surface area contributed by atoms with Gasteiger partial charge in [0, 0.05) is 26.1 Å². The normalized spacial score (nSPS) is 12.4. The topological polar surface area (TPSA) is 70.1 Å². The van der Waals surface area contributed by atoms with Crippen molar-refractivity contribution in [3.8, 4) is 0 Å². The summed E-state index contributed by atoms with van der Waals surface area (Å²) in [6.07, 6.45) is 5.37. The summed E-state index contributed by atoms with van der Waals surface area (Å²) in [5.41, 5.74) is 0. The average molecular weight is 387 g/mol. The molecule has 0 aliphatic heterocycles. The van der Waals surface area contributed by atoms with Gasteiger partial charge in [-0.3, -0.25) is 9.59 Å². The number of rotatable bonds is 16. The Bertz CT molecular complexity index is 402. The number of hydrogen-bond acceptors (Lipinski definition) is 5. The molecule has 0 rings (SSSR count). The Morgan fingerprint density at radius 1 is 1.07 bits per heavy atom. The van der Waals surface area contributed by atoms with E-state index in [4.69, 9.17) is 4.74 Å². The van der Waals surface area contributed by atoms with E-state index in [0.29, 0.717) is 25.4 Å². The fraction of sp³-hybridized carbons (Fsp3) is 0.905. The number of esters is 1. The number of ether oxygens (including phenoxy) is 1. The van der Waals surface area contributed by atoms with Crippen LogP contribution >= 0.6 is 0 Å². The van der Waals surface area contributed by atoms with Crippen LogP contribution in [0.15, 0.2) is 0 Å². The molecule has 0 fully saturated rings. The molecule has 1 amide bonds. The fourth-order valence-electron chi connectivity index (χ4n) is 3.14. The second-order valence-electron chi connectivity index (χ2n) is 7.78. The van der Waals surface area contributed by atoms with Crippen LogP contribution in [0, 0.1) is 11.8 Å². The SMILES string of the molecule is CCCCCC(CC)C(=O)OCCN(CCO)C(=O)CCN(C)CC(C)C. The van der Waals surface area contributed by atoms with Crippen LogP contribution in [-0.4, -0.2) is 73.2 Å². The minimum absolute atomic E-state index is 0.00862. The van der Waals surface area contributed by atoms with Crippen LogP contribution in [0.25, 0.3) is 0 Å². The molecule has 0 radical (unpaired) electrons. The summed E-state index contributed by atoms with van der Waals surface area (Å²) in [6, 6.07) is 0. The zero-order chi connectivity index (χ0) is 20.7. The van der Waals surface area contributed by atoms with E-state index in [1.807, 2.05) is 14.0 Å². The number of unbranched alkanes of at least 4 members (excludes halogenated alkanes) is 2. The highest BCUT2D eigenvalue weighted by molar-refractivity contribution is 5.76. The molecule has 0 aromatic rings. The van der Waals surface area contributed by atoms with Gasteiger partial charge in [-0.05, 0) is 25.8 Å². The lowest BCUT2D eigenvalue weighted by molar-refractivity contribution is -0.150. The van der Waals surface area contributed by atoms with Gasteiger partial charge in [-0.2, -0.15) is 0 Å². The van der Waals surface area contributed by atoms with Crippen LogP contribution in [0.5, 0.6) is 0 Å². The summed E-state index contributed by atoms with van der Waals surface area (Å²) in [5.74, 6) is 0.331. The fourth-order valence-corrected chi connectivity index (χ4v) is 3.14. The van der Waals surface area contributed by atoms with Crippen molar-refractivity contribution in [2.45, 2.75) is 66.2 Å². The Hall–Kier alpha value is -1.14. The highest BCUT2D eigenvalue weighted by atomic mass is 16.5. The molecular weight excluding hydrogens is 344 g/mol. The van der Waals surface area contributed by atoms with E-state index in [2.05, 4.69) is 25.7 Å². The molecule has 160 valence electrons. The minimum Gasteiger partial charge on any atom is -0.464 e. The van der Waals surface area contributed by atoms with Crippen molar-refractivity contribution in [2.75, 3.05) is 46.4 Å². The smallest absolute Gasteiger partial charge is 0.308 e. The number of hydrogen-bond donors (Lipinski definition) is 1. The van der Waals surface area contributed by atoms with Crippen LogP contribution in [0.1, 0.15) is 66.2 Å². The largest absolute Gasteiger partial charge is 0.464 e. The van der Waals surface area contributed by atoms with Crippen molar-refractivity contribution in [2.24, 2.45) is 11.8 Å². The zero-order valence-electron chi connectivity index (χ0n) is 18.2. The first-order chi connectivity index (χ1) is 12.8. The third-order valence-corrected chi connectivity index (χ3v) is 4.69. The first-order valence-electron chi connectivity index (χ1n) is 10.6. The molecule has 0 saturated heterocycles. The lowest BCUT2D eigenvalue weighted by atomic mass is 9.99. The Labute approximate surface area is 166 Å². The number of aliphatic hydroxyl groups is 1. The van der Waals surface area contributed by atoms with Crippen LogP contribution in [0.2, 0.25) is 0 Å². The first-order valence-corrected chi connectivity index (χ1v) is 10.6. The molecule has 0 bridgehead atoms. The molecule has 0 aromatic carbocycles. The number of nitrogens with zero attached hydrogens (tertiary/aromatic N) is 2. The second kappa shape index (κ2) is 15.9. The molecule has 0 aliphatic carbocycles. The molecular formula is C21H42N2O4. The average Bonchev–Trinajstić information content (AvgIpc) is 2.62. The van der Waals surface area contributed by atoms with Crippen LogP contribution in [-0.2, 0) is 14.3 Å². The van der Waals surface area contributed by atoms with Crippen molar-refractivity contribution in [3.05, 3.63) is 0 Å². The van der Waals surface area contributed by atoms with Crippen molar-refractivity contribution < 1.29 is 19.4 Å². The minimum atomic E-state index is -0.165. The molecule has 0 aromatic heterocycles. The maximum Gasteiger partial charge on any atom is 0.308 e. The quantitative estimate of drug-likeness (QED) is 0.326. The number of carbonyl (C=O) groups excluding carboxylic acids is 2. The van der Waals surface area contributed by atoms with E-state index in [1.165, 1.54) is 0 Å². The Morgan fingerprint density at radius 2 is 1.78 bits per heavy atom. The van der Waals surface area contributed by atoms with E-state index in [0.717, 1.165) is 38.6 Å². The lowest BCUT2D eigenvalue weighted by Gasteiger charge is -2.24. The van der Waals surface area contributed by atoms with Crippen LogP contribution < -0.4 is 0 Å². The number of aliphatic hydroxyl groups excluding tert-OH is 1.